The van der Waals surface area contributed by atoms with Crippen LogP contribution in [0.2, 0.25) is 0 Å². The number of aromatic nitrogens is 1. The van der Waals surface area contributed by atoms with Gasteiger partial charge in [-0.15, -0.1) is 8.46 Å². The summed E-state index contributed by atoms with van der Waals surface area (Å²) in [5, 5.41) is 2.77. The highest BCUT2D eigenvalue weighted by molar-refractivity contribution is 7.79. The van der Waals surface area contributed by atoms with Crippen molar-refractivity contribution in [3.8, 4) is 16.8 Å². The molecule has 0 saturated carbocycles. The molecule has 4 heteroatoms. The van der Waals surface area contributed by atoms with Crippen LogP contribution >= 0.6 is 8.46 Å². The van der Waals surface area contributed by atoms with Gasteiger partial charge in [0.25, 0.3) is 0 Å². The van der Waals surface area contributed by atoms with Gasteiger partial charge in [-0.05, 0) is 71.9 Å². The van der Waals surface area contributed by atoms with E-state index in [2.05, 4.69) is 131 Å². The van der Waals surface area contributed by atoms with Crippen molar-refractivity contribution in [2.24, 2.45) is 0 Å². The van der Waals surface area contributed by atoms with Gasteiger partial charge in [0.2, 0.25) is 0 Å². The molecule has 1 saturated heterocycles. The quantitative estimate of drug-likeness (QED) is 0.176. The molecule has 7 rings (SSSR count). The van der Waals surface area contributed by atoms with Crippen molar-refractivity contribution in [2.45, 2.75) is 57.7 Å². The van der Waals surface area contributed by atoms with Crippen LogP contribution in [0.15, 0.2) is 84.9 Å². The number of hydrogen-bond donors (Lipinski definition) is 0. The summed E-state index contributed by atoms with van der Waals surface area (Å²) in [6.45, 7) is 14.0. The average molecular weight is 501 g/mol. The normalized spacial score (nSPS) is 19.6. The molecule has 0 radical (unpaired) electrons. The second-order valence-electron chi connectivity index (χ2n) is 12.3. The topological polar surface area (TPSA) is 14.2 Å². The fourth-order valence-electron chi connectivity index (χ4n) is 6.37. The van der Waals surface area contributed by atoms with Crippen LogP contribution < -0.4 is 5.46 Å². The molecule has 2 nitrogen and oxygen atoms in total. The first kappa shape index (κ1) is 23.3. The molecule has 2 heterocycles. The van der Waals surface area contributed by atoms with E-state index in [4.69, 9.17) is 4.65 Å². The molecule has 1 aliphatic heterocycles. The Morgan fingerprint density at radius 2 is 1.38 bits per heavy atom. The lowest BCUT2D eigenvalue weighted by Crippen LogP contribution is -2.39. The first-order valence-electron chi connectivity index (χ1n) is 13.3. The number of hydrogen-bond acceptors (Lipinski definition) is 1. The zero-order chi connectivity index (χ0) is 25.7. The maximum atomic E-state index is 6.66. The van der Waals surface area contributed by atoms with Gasteiger partial charge in [-0.25, -0.2) is 0 Å². The molecule has 1 fully saturated rings. The molecule has 4 aromatic carbocycles. The van der Waals surface area contributed by atoms with Crippen LogP contribution in [0.1, 0.15) is 52.7 Å². The standard InChI is InChI=1S/C33H33BNOP/c1-31(2)27-15-11-10-14-23(27)24-19-26-25-18-21(34-36-32(3,4)33(5,6)37-34)16-17-29(25)35(30(26)20-28(24)31)22-12-8-7-9-13-22/h7-20,37H,1-6H3. The molecular formula is C33H33BNOP. The summed E-state index contributed by atoms with van der Waals surface area (Å²) < 4.78 is 9.10. The number of nitrogens with zero attached hydrogens (tertiary/aromatic N) is 1. The first-order chi connectivity index (χ1) is 17.6. The summed E-state index contributed by atoms with van der Waals surface area (Å²) >= 11 is 0. The van der Waals surface area contributed by atoms with E-state index in [1.807, 2.05) is 0 Å². The zero-order valence-corrected chi connectivity index (χ0v) is 23.5. The second kappa shape index (κ2) is 7.59. The highest BCUT2D eigenvalue weighted by Crippen LogP contribution is 2.52. The fraction of sp³-hybridized carbons (Fsp3) is 0.273. The predicted octanol–water partition coefficient (Wildman–Crippen LogP) is 8.05. The van der Waals surface area contributed by atoms with E-state index in [1.54, 1.807) is 0 Å². The summed E-state index contributed by atoms with van der Waals surface area (Å²) in [6.07, 6.45) is 0. The van der Waals surface area contributed by atoms with Gasteiger partial charge in [-0.3, -0.25) is 0 Å². The van der Waals surface area contributed by atoms with Crippen LogP contribution in [0.25, 0.3) is 38.6 Å². The minimum Gasteiger partial charge on any atom is -0.421 e. The van der Waals surface area contributed by atoms with Crippen LogP contribution in [0.5, 0.6) is 0 Å². The zero-order valence-electron chi connectivity index (χ0n) is 22.5. The van der Waals surface area contributed by atoms with Crippen LogP contribution in [-0.4, -0.2) is 22.0 Å². The van der Waals surface area contributed by atoms with Crippen molar-refractivity contribution in [3.63, 3.8) is 0 Å². The van der Waals surface area contributed by atoms with Crippen molar-refractivity contribution >= 4 is 42.4 Å². The lowest BCUT2D eigenvalue weighted by molar-refractivity contribution is 0.0933. The lowest BCUT2D eigenvalue weighted by atomic mass is 9.82. The molecule has 0 spiro atoms. The lowest BCUT2D eigenvalue weighted by Gasteiger charge is -2.33. The predicted molar refractivity (Wildman–Crippen MR) is 161 cm³/mol. The smallest absolute Gasteiger partial charge is 0.353 e. The van der Waals surface area contributed by atoms with Gasteiger partial charge in [0.15, 0.2) is 0 Å². The maximum absolute atomic E-state index is 6.66. The molecule has 1 unspecified atom stereocenters. The molecule has 1 aliphatic carbocycles. The van der Waals surface area contributed by atoms with Gasteiger partial charge in [-0.2, -0.15) is 0 Å². The Morgan fingerprint density at radius 3 is 2.11 bits per heavy atom. The van der Waals surface area contributed by atoms with Crippen LogP contribution in [0.4, 0.5) is 0 Å². The highest BCUT2D eigenvalue weighted by atomic mass is 31.1. The first-order valence-corrected chi connectivity index (χ1v) is 14.4. The van der Waals surface area contributed by atoms with E-state index in [-0.39, 0.29) is 22.8 Å². The number of para-hydroxylation sites is 1. The van der Waals surface area contributed by atoms with E-state index < -0.39 is 0 Å². The summed E-state index contributed by atoms with van der Waals surface area (Å²) in [6, 6.07) is 31.6. The molecule has 0 bridgehead atoms. The van der Waals surface area contributed by atoms with E-state index in [0.29, 0.717) is 0 Å². The number of benzene rings is 4. The average Bonchev–Trinajstić information content (AvgIpc) is 3.40. The Labute approximate surface area is 221 Å². The molecule has 0 N–H and O–H groups in total. The minimum atomic E-state index is -0.140. The van der Waals surface area contributed by atoms with Gasteiger partial charge < -0.3 is 9.22 Å². The molecule has 1 aromatic heterocycles. The molecule has 5 aromatic rings. The largest absolute Gasteiger partial charge is 0.421 e. The van der Waals surface area contributed by atoms with E-state index in [9.17, 15) is 0 Å². The number of rotatable bonds is 2. The van der Waals surface area contributed by atoms with E-state index >= 15 is 0 Å². The van der Waals surface area contributed by atoms with Crippen molar-refractivity contribution in [1.29, 1.82) is 0 Å². The Bertz CT molecular complexity index is 1700. The van der Waals surface area contributed by atoms with Gasteiger partial charge in [0.1, 0.15) is 0 Å². The molecule has 184 valence electrons. The summed E-state index contributed by atoms with van der Waals surface area (Å²) in [5.41, 5.74) is 10.4. The maximum Gasteiger partial charge on any atom is 0.353 e. The van der Waals surface area contributed by atoms with Crippen LogP contribution in [0, 0.1) is 0 Å². The SMILES string of the molecule is CC1(C)c2ccccc2-c2cc3c4cc(B5OC(C)(C)C(C)(C)P5)ccc4n(-c4ccccc4)c3cc21. The number of fused-ring (bicyclic) bond motifs is 6. The summed E-state index contributed by atoms with van der Waals surface area (Å²) in [5.74, 6) is 0. The van der Waals surface area contributed by atoms with Crippen molar-refractivity contribution in [3.05, 3.63) is 96.1 Å². The van der Waals surface area contributed by atoms with Gasteiger partial charge in [0, 0.05) is 27.0 Å². The van der Waals surface area contributed by atoms with Crippen molar-refractivity contribution < 1.29 is 4.65 Å². The Morgan fingerprint density at radius 1 is 0.676 bits per heavy atom. The second-order valence-corrected chi connectivity index (χ2v) is 14.4. The molecular weight excluding hydrogens is 468 g/mol. The van der Waals surface area contributed by atoms with Gasteiger partial charge in [0.05, 0.1) is 16.6 Å². The van der Waals surface area contributed by atoms with E-state index in [0.717, 1.165) is 8.46 Å². The molecule has 1 atom stereocenters. The Hall–Kier alpha value is -2.87. The van der Waals surface area contributed by atoms with Gasteiger partial charge >= 0.3 is 6.64 Å². The third-order valence-corrected chi connectivity index (χ3v) is 11.3. The Balaban J connectivity index is 1.52. The fourth-order valence-corrected chi connectivity index (χ4v) is 8.14. The van der Waals surface area contributed by atoms with Gasteiger partial charge in [-0.1, -0.05) is 82.3 Å². The highest BCUT2D eigenvalue weighted by Gasteiger charge is 2.50. The molecule has 37 heavy (non-hydrogen) atoms. The monoisotopic (exact) mass is 501 g/mol. The van der Waals surface area contributed by atoms with Crippen molar-refractivity contribution in [1.82, 2.24) is 4.57 Å². The Kier molecular flexibility index (Phi) is 4.77. The molecule has 2 aliphatic rings. The summed E-state index contributed by atoms with van der Waals surface area (Å²) in [4.78, 5) is 0. The van der Waals surface area contributed by atoms with Crippen LogP contribution in [-0.2, 0) is 10.1 Å². The van der Waals surface area contributed by atoms with Crippen LogP contribution in [0.3, 0.4) is 0 Å². The molecule has 0 amide bonds. The van der Waals surface area contributed by atoms with E-state index in [1.165, 1.54) is 55.2 Å². The third-order valence-electron chi connectivity index (χ3n) is 9.22. The minimum absolute atomic E-state index is 0.0285. The third kappa shape index (κ3) is 3.20. The van der Waals surface area contributed by atoms with Crippen molar-refractivity contribution in [2.75, 3.05) is 0 Å². The summed E-state index contributed by atoms with van der Waals surface area (Å²) in [7, 11) is 0.728.